The second-order valence-electron chi connectivity index (χ2n) is 9.20. The molecule has 0 atom stereocenters. The van der Waals surface area contributed by atoms with E-state index in [1.807, 2.05) is 67.6 Å². The molecular weight excluding hydrogens is 500 g/mol. The van der Waals surface area contributed by atoms with Gasteiger partial charge < -0.3 is 9.47 Å². The van der Waals surface area contributed by atoms with Crippen LogP contribution in [0.15, 0.2) is 132 Å². The van der Waals surface area contributed by atoms with Gasteiger partial charge in [-0.05, 0) is 105 Å². The fraction of sp³-hybridized carbons (Fsp3) is 0.0588. The number of ether oxygens (including phenoxy) is 2. The highest BCUT2D eigenvalue weighted by Crippen LogP contribution is 2.28. The molecule has 0 unspecified atom stereocenters. The van der Waals surface area contributed by atoms with Gasteiger partial charge in [-0.15, -0.1) is 0 Å². The highest BCUT2D eigenvalue weighted by atomic mass is 16.5. The maximum absolute atomic E-state index is 12.8. The molecule has 0 amide bonds. The third-order valence-electron chi connectivity index (χ3n) is 6.09. The molecule has 6 heteroatoms. The highest BCUT2D eigenvalue weighted by Gasteiger charge is 2.11. The van der Waals surface area contributed by atoms with Gasteiger partial charge in [-0.3, -0.25) is 9.59 Å². The largest absolute Gasteiger partial charge is 0.457 e. The Morgan fingerprint density at radius 1 is 0.525 bits per heavy atom. The first-order valence-electron chi connectivity index (χ1n) is 12.7. The van der Waals surface area contributed by atoms with E-state index in [1.54, 1.807) is 60.7 Å². The van der Waals surface area contributed by atoms with Crippen molar-refractivity contribution >= 4 is 22.9 Å². The Morgan fingerprint density at radius 3 is 1.43 bits per heavy atom. The van der Waals surface area contributed by atoms with E-state index in [4.69, 9.17) is 9.47 Å². The Kier molecular flexibility index (Phi) is 7.88. The molecule has 0 bridgehead atoms. The number of aryl methyl sites for hydroxylation is 1. The number of rotatable bonds is 9. The number of hydrogen-bond acceptors (Lipinski definition) is 6. The van der Waals surface area contributed by atoms with Crippen LogP contribution in [0.1, 0.15) is 38.8 Å². The monoisotopic (exact) mass is 526 g/mol. The summed E-state index contributed by atoms with van der Waals surface area (Å²) in [5, 5.41) is 8.59. The van der Waals surface area contributed by atoms with E-state index in [2.05, 4.69) is 10.2 Å². The van der Waals surface area contributed by atoms with Gasteiger partial charge in [-0.2, -0.15) is 10.2 Å². The standard InChI is InChI=1S/C34H26N2O4/c1-23-6-14-30(15-7-23)39-32-18-10-28(11-19-32)35-36-29-12-20-33(21-13-29)40-31-16-8-25(9-17-31)34(38)27-5-3-4-26(22-27)24(2)37/h3-22H,1-2H3. The Balaban J connectivity index is 1.17. The van der Waals surface area contributed by atoms with Gasteiger partial charge in [0.2, 0.25) is 0 Å². The van der Waals surface area contributed by atoms with Crippen molar-refractivity contribution in [2.45, 2.75) is 13.8 Å². The molecule has 0 N–H and O–H groups in total. The summed E-state index contributed by atoms with van der Waals surface area (Å²) in [6.45, 7) is 3.52. The summed E-state index contributed by atoms with van der Waals surface area (Å²) in [6, 6.07) is 36.1. The van der Waals surface area contributed by atoms with Gasteiger partial charge in [0.05, 0.1) is 11.4 Å². The number of azo groups is 1. The SMILES string of the molecule is CC(=O)c1cccc(C(=O)c2ccc(Oc3ccc(N=Nc4ccc(Oc5ccc(C)cc5)cc4)cc3)cc2)c1. The van der Waals surface area contributed by atoms with Crippen LogP contribution >= 0.6 is 0 Å². The lowest BCUT2D eigenvalue weighted by molar-refractivity contribution is 0.101. The molecule has 0 radical (unpaired) electrons. The van der Waals surface area contributed by atoms with E-state index in [-0.39, 0.29) is 11.6 Å². The molecule has 40 heavy (non-hydrogen) atoms. The van der Waals surface area contributed by atoms with Crippen molar-refractivity contribution in [3.05, 3.63) is 144 Å². The normalized spacial score (nSPS) is 10.8. The fourth-order valence-electron chi connectivity index (χ4n) is 3.88. The minimum absolute atomic E-state index is 0.0794. The van der Waals surface area contributed by atoms with Crippen LogP contribution in [0, 0.1) is 6.92 Å². The van der Waals surface area contributed by atoms with Gasteiger partial charge in [0.25, 0.3) is 0 Å². The molecule has 0 aliphatic carbocycles. The van der Waals surface area contributed by atoms with Crippen LogP contribution in [0.5, 0.6) is 23.0 Å². The zero-order valence-corrected chi connectivity index (χ0v) is 22.1. The molecule has 5 aromatic rings. The van der Waals surface area contributed by atoms with E-state index >= 15 is 0 Å². The molecule has 6 nitrogen and oxygen atoms in total. The Bertz CT molecular complexity index is 1660. The van der Waals surface area contributed by atoms with Gasteiger partial charge in [0.15, 0.2) is 11.6 Å². The summed E-state index contributed by atoms with van der Waals surface area (Å²) < 4.78 is 11.8. The molecule has 196 valence electrons. The van der Waals surface area contributed by atoms with Crippen molar-refractivity contribution in [3.63, 3.8) is 0 Å². The fourth-order valence-corrected chi connectivity index (χ4v) is 3.88. The summed E-state index contributed by atoms with van der Waals surface area (Å²) in [5.74, 6) is 2.50. The summed E-state index contributed by atoms with van der Waals surface area (Å²) in [5.41, 5.74) is 4.06. The molecule has 0 heterocycles. The lowest BCUT2D eigenvalue weighted by atomic mass is 10.0. The Morgan fingerprint density at radius 2 is 0.950 bits per heavy atom. The first-order valence-corrected chi connectivity index (χ1v) is 12.7. The number of benzene rings is 5. The molecule has 5 aromatic carbocycles. The van der Waals surface area contributed by atoms with Crippen molar-refractivity contribution in [1.82, 2.24) is 0 Å². The summed E-state index contributed by atoms with van der Waals surface area (Å²) in [7, 11) is 0. The summed E-state index contributed by atoms with van der Waals surface area (Å²) in [4.78, 5) is 24.4. The third-order valence-corrected chi connectivity index (χ3v) is 6.09. The summed E-state index contributed by atoms with van der Waals surface area (Å²) in [6.07, 6.45) is 0. The van der Waals surface area contributed by atoms with Gasteiger partial charge in [0, 0.05) is 16.7 Å². The zero-order chi connectivity index (χ0) is 27.9. The number of ketones is 2. The number of carbonyl (C=O) groups excluding carboxylic acids is 2. The molecule has 0 fully saturated rings. The average molecular weight is 527 g/mol. The first kappa shape index (κ1) is 26.3. The maximum Gasteiger partial charge on any atom is 0.193 e. The predicted molar refractivity (Wildman–Crippen MR) is 155 cm³/mol. The predicted octanol–water partition coefficient (Wildman–Crippen LogP) is 9.43. The molecular formula is C34H26N2O4. The minimum Gasteiger partial charge on any atom is -0.457 e. The molecule has 0 aromatic heterocycles. The zero-order valence-electron chi connectivity index (χ0n) is 22.1. The van der Waals surface area contributed by atoms with E-state index in [1.165, 1.54) is 12.5 Å². The summed E-state index contributed by atoms with van der Waals surface area (Å²) >= 11 is 0. The van der Waals surface area contributed by atoms with Crippen molar-refractivity contribution < 1.29 is 19.1 Å². The smallest absolute Gasteiger partial charge is 0.193 e. The van der Waals surface area contributed by atoms with E-state index in [9.17, 15) is 9.59 Å². The van der Waals surface area contributed by atoms with Crippen LogP contribution in [0.4, 0.5) is 11.4 Å². The maximum atomic E-state index is 12.8. The van der Waals surface area contributed by atoms with Crippen molar-refractivity contribution in [2.24, 2.45) is 10.2 Å². The highest BCUT2D eigenvalue weighted by molar-refractivity contribution is 6.10. The van der Waals surface area contributed by atoms with Crippen LogP contribution < -0.4 is 9.47 Å². The molecule has 0 aliphatic rings. The lowest BCUT2D eigenvalue weighted by Gasteiger charge is -2.07. The quantitative estimate of drug-likeness (QED) is 0.142. The molecule has 0 saturated carbocycles. The lowest BCUT2D eigenvalue weighted by Crippen LogP contribution is -2.03. The minimum atomic E-state index is -0.155. The number of carbonyl (C=O) groups is 2. The van der Waals surface area contributed by atoms with E-state index in [0.29, 0.717) is 39.6 Å². The van der Waals surface area contributed by atoms with Gasteiger partial charge in [0.1, 0.15) is 23.0 Å². The number of Topliss-reactive ketones (excluding diaryl/α,β-unsaturated/α-hetero) is 1. The van der Waals surface area contributed by atoms with Crippen LogP contribution in [-0.4, -0.2) is 11.6 Å². The molecule has 0 aliphatic heterocycles. The molecule has 0 saturated heterocycles. The van der Waals surface area contributed by atoms with Gasteiger partial charge >= 0.3 is 0 Å². The van der Waals surface area contributed by atoms with Crippen molar-refractivity contribution in [1.29, 1.82) is 0 Å². The van der Waals surface area contributed by atoms with Crippen LogP contribution in [0.25, 0.3) is 0 Å². The number of hydrogen-bond donors (Lipinski definition) is 0. The van der Waals surface area contributed by atoms with E-state index in [0.717, 1.165) is 11.5 Å². The van der Waals surface area contributed by atoms with Crippen molar-refractivity contribution in [2.75, 3.05) is 0 Å². The molecule has 5 rings (SSSR count). The van der Waals surface area contributed by atoms with Gasteiger partial charge in [-0.1, -0.05) is 35.9 Å². The second-order valence-corrected chi connectivity index (χ2v) is 9.20. The third kappa shape index (κ3) is 6.74. The second kappa shape index (κ2) is 12.0. The first-order chi connectivity index (χ1) is 19.4. The number of nitrogens with zero attached hydrogens (tertiary/aromatic N) is 2. The van der Waals surface area contributed by atoms with Crippen LogP contribution in [0.3, 0.4) is 0 Å². The van der Waals surface area contributed by atoms with Crippen molar-refractivity contribution in [3.8, 4) is 23.0 Å². The van der Waals surface area contributed by atoms with Crippen LogP contribution in [-0.2, 0) is 0 Å². The van der Waals surface area contributed by atoms with Gasteiger partial charge in [-0.25, -0.2) is 0 Å². The molecule has 0 spiro atoms. The Hall–Kier alpha value is -5.36. The van der Waals surface area contributed by atoms with E-state index < -0.39 is 0 Å². The topological polar surface area (TPSA) is 77.3 Å². The van der Waals surface area contributed by atoms with Crippen LogP contribution in [0.2, 0.25) is 0 Å². The average Bonchev–Trinajstić information content (AvgIpc) is 2.99. The Labute approximate surface area is 232 Å².